The van der Waals surface area contributed by atoms with Crippen LogP contribution in [-0.4, -0.2) is 33.4 Å². The Kier molecular flexibility index (Phi) is 6.53. The summed E-state index contributed by atoms with van der Waals surface area (Å²) in [6.45, 7) is -0.477. The van der Waals surface area contributed by atoms with Crippen LogP contribution in [0, 0.1) is 0 Å². The number of rotatable bonds is 8. The lowest BCUT2D eigenvalue weighted by atomic mass is 10.3. The second kappa shape index (κ2) is 8.83. The molecule has 0 unspecified atom stereocenters. The largest absolute Gasteiger partial charge is 0.484 e. The summed E-state index contributed by atoms with van der Waals surface area (Å²) in [5, 5.41) is 9.83. The first kappa shape index (κ1) is 19.2. The smallest absolute Gasteiger partial charge is 0.296 e. The van der Waals surface area contributed by atoms with Gasteiger partial charge in [0.25, 0.3) is 16.1 Å². The first-order valence-corrected chi connectivity index (χ1v) is 9.01. The number of nitrogens with one attached hydrogen (secondary N) is 3. The predicted octanol–water partition coefficient (Wildman–Crippen LogP) is 0.436. The first-order valence-electron chi connectivity index (χ1n) is 7.47. The Morgan fingerprint density at radius 3 is 2.35 bits per heavy atom. The van der Waals surface area contributed by atoms with Gasteiger partial charge in [0.1, 0.15) is 5.75 Å². The van der Waals surface area contributed by atoms with Crippen LogP contribution in [0.15, 0.2) is 54.6 Å². The van der Waals surface area contributed by atoms with Gasteiger partial charge in [-0.3, -0.25) is 14.3 Å². The lowest BCUT2D eigenvalue weighted by Crippen LogP contribution is -2.35. The highest BCUT2D eigenvalue weighted by atomic mass is 32.2. The van der Waals surface area contributed by atoms with E-state index in [9.17, 15) is 18.0 Å². The molecule has 10 heteroatoms. The molecule has 0 spiro atoms. The summed E-state index contributed by atoms with van der Waals surface area (Å²) in [4.78, 5) is 23.5. The molecule has 2 rings (SSSR count). The fourth-order valence-electron chi connectivity index (χ4n) is 1.93. The molecule has 0 aromatic heterocycles. The van der Waals surface area contributed by atoms with Gasteiger partial charge in [-0.25, -0.2) is 5.14 Å². The summed E-state index contributed by atoms with van der Waals surface area (Å²) in [6.07, 6.45) is 0. The van der Waals surface area contributed by atoms with E-state index in [-0.39, 0.29) is 18.8 Å². The van der Waals surface area contributed by atoms with Gasteiger partial charge in [0.2, 0.25) is 5.91 Å². The van der Waals surface area contributed by atoms with Crippen molar-refractivity contribution >= 4 is 33.4 Å². The highest BCUT2D eigenvalue weighted by Gasteiger charge is 2.08. The normalized spacial score (nSPS) is 10.7. The van der Waals surface area contributed by atoms with E-state index in [0.29, 0.717) is 11.4 Å². The number of para-hydroxylation sites is 1. The summed E-state index contributed by atoms with van der Waals surface area (Å²) in [5.74, 6) is -0.384. The molecule has 0 aliphatic rings. The average Bonchev–Trinajstić information content (AvgIpc) is 2.58. The predicted molar refractivity (Wildman–Crippen MR) is 96.7 cm³/mol. The molecular formula is C16H18N4O5S. The maximum absolute atomic E-state index is 11.9. The standard InChI is InChI=1S/C16H18N4O5S/c17-26(23,24)20-13-6-4-5-12(9-13)19-15(21)10-18-16(22)11-25-14-7-2-1-3-8-14/h1-9,20H,10-11H2,(H,18,22)(H,19,21)(H2,17,23,24). The van der Waals surface area contributed by atoms with Crippen LogP contribution in [0.2, 0.25) is 0 Å². The SMILES string of the molecule is NS(=O)(=O)Nc1cccc(NC(=O)CNC(=O)COc2ccccc2)c1. The lowest BCUT2D eigenvalue weighted by Gasteiger charge is -2.09. The molecular weight excluding hydrogens is 360 g/mol. The van der Waals surface area contributed by atoms with Crippen LogP contribution in [0.4, 0.5) is 11.4 Å². The van der Waals surface area contributed by atoms with Crippen LogP contribution in [-0.2, 0) is 19.8 Å². The highest BCUT2D eigenvalue weighted by Crippen LogP contribution is 2.15. The van der Waals surface area contributed by atoms with Crippen molar-refractivity contribution in [3.63, 3.8) is 0 Å². The lowest BCUT2D eigenvalue weighted by molar-refractivity contribution is -0.125. The molecule has 0 fully saturated rings. The van der Waals surface area contributed by atoms with Crippen LogP contribution in [0.25, 0.3) is 0 Å². The Labute approximate surface area is 150 Å². The van der Waals surface area contributed by atoms with E-state index in [1.807, 2.05) is 6.07 Å². The van der Waals surface area contributed by atoms with E-state index in [1.165, 1.54) is 18.2 Å². The van der Waals surface area contributed by atoms with Crippen LogP contribution < -0.4 is 25.2 Å². The van der Waals surface area contributed by atoms with Gasteiger partial charge >= 0.3 is 0 Å². The number of ether oxygens (including phenoxy) is 1. The minimum absolute atomic E-state index is 0.200. The van der Waals surface area contributed by atoms with Gasteiger partial charge in [0.15, 0.2) is 6.61 Å². The molecule has 0 aliphatic carbocycles. The summed E-state index contributed by atoms with van der Waals surface area (Å²) < 4.78 is 29.3. The number of hydrogen-bond acceptors (Lipinski definition) is 5. The van der Waals surface area contributed by atoms with Gasteiger partial charge in [-0.1, -0.05) is 24.3 Å². The van der Waals surface area contributed by atoms with E-state index in [0.717, 1.165) is 0 Å². The van der Waals surface area contributed by atoms with E-state index < -0.39 is 22.0 Å². The first-order chi connectivity index (χ1) is 12.3. The molecule has 2 aromatic carbocycles. The van der Waals surface area contributed by atoms with Crippen LogP contribution in [0.5, 0.6) is 5.75 Å². The summed E-state index contributed by atoms with van der Waals surface area (Å²) in [5.41, 5.74) is 0.545. The zero-order chi connectivity index (χ0) is 19.0. The molecule has 26 heavy (non-hydrogen) atoms. The molecule has 0 aliphatic heterocycles. The average molecular weight is 378 g/mol. The maximum Gasteiger partial charge on any atom is 0.296 e. The zero-order valence-electron chi connectivity index (χ0n) is 13.6. The van der Waals surface area contributed by atoms with Gasteiger partial charge in [-0.15, -0.1) is 0 Å². The third-order valence-electron chi connectivity index (χ3n) is 2.97. The van der Waals surface area contributed by atoms with E-state index in [4.69, 9.17) is 9.88 Å². The Morgan fingerprint density at radius 2 is 1.65 bits per heavy atom. The minimum atomic E-state index is -3.91. The molecule has 0 heterocycles. The second-order valence-corrected chi connectivity index (χ2v) is 6.45. The molecule has 2 aromatic rings. The van der Waals surface area contributed by atoms with Crippen molar-refractivity contribution in [2.75, 3.05) is 23.2 Å². The van der Waals surface area contributed by atoms with Gasteiger partial charge < -0.3 is 15.4 Å². The molecule has 0 radical (unpaired) electrons. The highest BCUT2D eigenvalue weighted by molar-refractivity contribution is 7.90. The molecule has 138 valence electrons. The van der Waals surface area contributed by atoms with E-state index >= 15 is 0 Å². The Hall–Kier alpha value is -3.11. The Bertz CT molecular complexity index is 871. The van der Waals surface area contributed by atoms with Crippen LogP contribution in [0.3, 0.4) is 0 Å². The van der Waals surface area contributed by atoms with Gasteiger partial charge in [0, 0.05) is 5.69 Å². The summed E-state index contributed by atoms with van der Waals surface area (Å²) in [7, 11) is -3.91. The Balaban J connectivity index is 1.78. The van der Waals surface area contributed by atoms with Crippen molar-refractivity contribution in [2.45, 2.75) is 0 Å². The number of nitrogens with two attached hydrogens (primary N) is 1. The fourth-order valence-corrected chi connectivity index (χ4v) is 2.38. The van der Waals surface area contributed by atoms with Crippen molar-refractivity contribution in [1.29, 1.82) is 0 Å². The fraction of sp³-hybridized carbons (Fsp3) is 0.125. The van der Waals surface area contributed by atoms with E-state index in [2.05, 4.69) is 15.4 Å². The number of carbonyl (C=O) groups is 2. The Morgan fingerprint density at radius 1 is 0.962 bits per heavy atom. The number of anilines is 2. The van der Waals surface area contributed by atoms with Crippen LogP contribution in [0.1, 0.15) is 0 Å². The van der Waals surface area contributed by atoms with Crippen molar-refractivity contribution in [3.05, 3.63) is 54.6 Å². The van der Waals surface area contributed by atoms with Crippen molar-refractivity contribution in [3.8, 4) is 5.75 Å². The van der Waals surface area contributed by atoms with Gasteiger partial charge in [0.05, 0.1) is 12.2 Å². The van der Waals surface area contributed by atoms with Crippen LogP contribution >= 0.6 is 0 Å². The van der Waals surface area contributed by atoms with Crippen molar-refractivity contribution < 1.29 is 22.7 Å². The second-order valence-electron chi connectivity index (χ2n) is 5.15. The third-order valence-corrected chi connectivity index (χ3v) is 3.49. The molecule has 5 N–H and O–H groups in total. The molecule has 0 saturated heterocycles. The van der Waals surface area contributed by atoms with Crippen molar-refractivity contribution in [1.82, 2.24) is 5.32 Å². The summed E-state index contributed by atoms with van der Waals surface area (Å²) >= 11 is 0. The monoisotopic (exact) mass is 378 g/mol. The van der Waals surface area contributed by atoms with Gasteiger partial charge in [-0.2, -0.15) is 8.42 Å². The summed E-state index contributed by atoms with van der Waals surface area (Å²) in [6, 6.07) is 14.8. The number of hydrogen-bond donors (Lipinski definition) is 4. The zero-order valence-corrected chi connectivity index (χ0v) is 14.5. The number of benzene rings is 2. The minimum Gasteiger partial charge on any atom is -0.484 e. The molecule has 0 bridgehead atoms. The molecule has 0 atom stereocenters. The quantitative estimate of drug-likeness (QED) is 0.528. The molecule has 2 amide bonds. The topological polar surface area (TPSA) is 140 Å². The molecule has 9 nitrogen and oxygen atoms in total. The number of carbonyl (C=O) groups excluding carboxylic acids is 2. The number of amides is 2. The molecule has 0 saturated carbocycles. The third kappa shape index (κ3) is 7.20. The van der Waals surface area contributed by atoms with Gasteiger partial charge in [-0.05, 0) is 30.3 Å². The van der Waals surface area contributed by atoms with E-state index in [1.54, 1.807) is 30.3 Å². The maximum atomic E-state index is 11.9. The van der Waals surface area contributed by atoms with Crippen molar-refractivity contribution in [2.24, 2.45) is 5.14 Å².